The Labute approximate surface area is 169 Å². The van der Waals surface area contributed by atoms with Gasteiger partial charge in [-0.25, -0.2) is 9.78 Å². The highest BCUT2D eigenvalue weighted by Crippen LogP contribution is 2.39. The summed E-state index contributed by atoms with van der Waals surface area (Å²) in [5.74, 6) is 0.478. The molecule has 5 rings (SSSR count). The van der Waals surface area contributed by atoms with Crippen LogP contribution in [0.25, 0.3) is 11.0 Å². The summed E-state index contributed by atoms with van der Waals surface area (Å²) in [4.78, 5) is 22.4. The highest BCUT2D eigenvalue weighted by Gasteiger charge is 2.36. The van der Waals surface area contributed by atoms with Crippen LogP contribution in [0.1, 0.15) is 50.6 Å². The Balaban J connectivity index is 1.61. The zero-order chi connectivity index (χ0) is 19.8. The zero-order valence-electron chi connectivity index (χ0n) is 16.5. The normalized spacial score (nSPS) is 19.7. The summed E-state index contributed by atoms with van der Waals surface area (Å²) in [5.41, 5.74) is 4.20. The summed E-state index contributed by atoms with van der Waals surface area (Å²) < 4.78 is 8.05. The molecule has 1 N–H and O–H groups in total. The highest BCUT2D eigenvalue weighted by molar-refractivity contribution is 5.94. The number of ether oxygens (including phenoxy) is 1. The minimum absolute atomic E-state index is 0.00651. The van der Waals surface area contributed by atoms with Gasteiger partial charge in [-0.2, -0.15) is 0 Å². The van der Waals surface area contributed by atoms with Gasteiger partial charge in [-0.15, -0.1) is 0 Å². The largest absolute Gasteiger partial charge is 0.459 e. The number of aromatic nitrogens is 3. The first-order valence-corrected chi connectivity index (χ1v) is 10.3. The van der Waals surface area contributed by atoms with E-state index in [2.05, 4.69) is 14.9 Å². The van der Waals surface area contributed by atoms with Crippen molar-refractivity contribution in [1.82, 2.24) is 14.5 Å². The molecule has 29 heavy (non-hydrogen) atoms. The highest BCUT2D eigenvalue weighted by atomic mass is 16.5. The number of imidazole rings is 1. The van der Waals surface area contributed by atoms with Gasteiger partial charge >= 0.3 is 5.97 Å². The van der Waals surface area contributed by atoms with Gasteiger partial charge in [-0.1, -0.05) is 24.6 Å². The van der Waals surface area contributed by atoms with Gasteiger partial charge < -0.3 is 10.1 Å². The van der Waals surface area contributed by atoms with E-state index in [0.717, 1.165) is 53.9 Å². The number of esters is 1. The second-order valence-corrected chi connectivity index (χ2v) is 7.81. The smallest absolute Gasteiger partial charge is 0.338 e. The third kappa shape index (κ3) is 3.18. The van der Waals surface area contributed by atoms with Crippen molar-refractivity contribution in [3.8, 4) is 0 Å². The first-order chi connectivity index (χ1) is 14.2. The Bertz CT molecular complexity index is 1080. The molecule has 1 aliphatic carbocycles. The van der Waals surface area contributed by atoms with Crippen LogP contribution in [0.3, 0.4) is 0 Å². The number of anilines is 1. The number of rotatable bonds is 3. The van der Waals surface area contributed by atoms with Gasteiger partial charge in [0.05, 0.1) is 22.6 Å². The topological polar surface area (TPSA) is 69.0 Å². The van der Waals surface area contributed by atoms with Crippen molar-refractivity contribution in [2.24, 2.45) is 0 Å². The van der Waals surface area contributed by atoms with Gasteiger partial charge in [0, 0.05) is 18.1 Å². The maximum atomic E-state index is 13.4. The maximum absolute atomic E-state index is 13.4. The molecule has 1 aliphatic heterocycles. The zero-order valence-corrected chi connectivity index (χ0v) is 16.5. The van der Waals surface area contributed by atoms with Crippen molar-refractivity contribution in [2.75, 3.05) is 5.32 Å². The number of hydrogen-bond acceptors (Lipinski definition) is 5. The van der Waals surface area contributed by atoms with E-state index in [0.29, 0.717) is 5.57 Å². The van der Waals surface area contributed by atoms with Gasteiger partial charge in [-0.05, 0) is 56.4 Å². The van der Waals surface area contributed by atoms with Crippen molar-refractivity contribution in [2.45, 2.75) is 51.2 Å². The van der Waals surface area contributed by atoms with Crippen molar-refractivity contribution >= 4 is 23.0 Å². The van der Waals surface area contributed by atoms with E-state index in [-0.39, 0.29) is 18.1 Å². The van der Waals surface area contributed by atoms with Crippen LogP contribution in [-0.4, -0.2) is 26.6 Å². The van der Waals surface area contributed by atoms with E-state index in [1.807, 2.05) is 49.5 Å². The number of hydrogen-bond donors (Lipinski definition) is 1. The Kier molecular flexibility index (Phi) is 4.54. The fourth-order valence-corrected chi connectivity index (χ4v) is 4.48. The molecule has 3 aromatic rings. The average molecular weight is 388 g/mol. The van der Waals surface area contributed by atoms with Crippen molar-refractivity contribution in [3.05, 3.63) is 65.6 Å². The molecule has 148 valence electrons. The molecule has 2 aliphatic rings. The molecule has 2 aromatic heterocycles. The molecule has 6 heteroatoms. The van der Waals surface area contributed by atoms with Crippen LogP contribution in [0.2, 0.25) is 0 Å². The van der Waals surface area contributed by atoms with Gasteiger partial charge in [0.1, 0.15) is 6.10 Å². The van der Waals surface area contributed by atoms with Crippen molar-refractivity contribution in [1.29, 1.82) is 0 Å². The lowest BCUT2D eigenvalue weighted by Crippen LogP contribution is -2.31. The second kappa shape index (κ2) is 7.35. The second-order valence-electron chi connectivity index (χ2n) is 7.81. The Morgan fingerprint density at radius 3 is 2.76 bits per heavy atom. The number of carbonyl (C=O) groups excluding carboxylic acids is 1. The number of para-hydroxylation sites is 2. The van der Waals surface area contributed by atoms with Crippen LogP contribution in [0.15, 0.2) is 60.1 Å². The number of nitrogens with one attached hydrogen (secondary N) is 1. The SMILES string of the molecule is CC1=C(C(=O)OC2CCCCC2)C(c2cccnc2)n2c(nc3ccccc32)N1. The molecule has 1 unspecified atom stereocenters. The van der Waals surface area contributed by atoms with E-state index in [1.165, 1.54) is 6.42 Å². The number of fused-ring (bicyclic) bond motifs is 3. The molecule has 3 heterocycles. The number of pyridine rings is 1. The molecule has 6 nitrogen and oxygen atoms in total. The van der Waals surface area contributed by atoms with E-state index in [1.54, 1.807) is 6.20 Å². The van der Waals surface area contributed by atoms with Crippen LogP contribution in [0, 0.1) is 0 Å². The Morgan fingerprint density at radius 1 is 1.14 bits per heavy atom. The molecule has 0 amide bonds. The summed E-state index contributed by atoms with van der Waals surface area (Å²) >= 11 is 0. The molecular formula is C23H24N4O2. The first-order valence-electron chi connectivity index (χ1n) is 10.3. The van der Waals surface area contributed by atoms with E-state index >= 15 is 0 Å². The molecular weight excluding hydrogens is 364 g/mol. The summed E-state index contributed by atoms with van der Waals surface area (Å²) in [5, 5.41) is 3.33. The van der Waals surface area contributed by atoms with E-state index < -0.39 is 0 Å². The van der Waals surface area contributed by atoms with Gasteiger partial charge in [-0.3, -0.25) is 9.55 Å². The van der Waals surface area contributed by atoms with Crippen LogP contribution < -0.4 is 5.32 Å². The lowest BCUT2D eigenvalue weighted by Gasteiger charge is -2.31. The fraction of sp³-hybridized carbons (Fsp3) is 0.348. The molecule has 1 fully saturated rings. The van der Waals surface area contributed by atoms with Crippen LogP contribution in [-0.2, 0) is 9.53 Å². The molecule has 1 aromatic carbocycles. The predicted octanol–water partition coefficient (Wildman–Crippen LogP) is 4.60. The van der Waals surface area contributed by atoms with Gasteiger partial charge in [0.15, 0.2) is 0 Å². The average Bonchev–Trinajstić information content (AvgIpc) is 3.12. The lowest BCUT2D eigenvalue weighted by molar-refractivity contribution is -0.146. The Hall–Kier alpha value is -3.15. The van der Waals surface area contributed by atoms with Crippen molar-refractivity contribution < 1.29 is 9.53 Å². The quantitative estimate of drug-likeness (QED) is 0.664. The third-order valence-corrected chi connectivity index (χ3v) is 5.88. The number of allylic oxidation sites excluding steroid dienone is 1. The maximum Gasteiger partial charge on any atom is 0.338 e. The number of carbonyl (C=O) groups is 1. The third-order valence-electron chi connectivity index (χ3n) is 5.88. The molecule has 0 spiro atoms. The van der Waals surface area contributed by atoms with Crippen LogP contribution >= 0.6 is 0 Å². The summed E-state index contributed by atoms with van der Waals surface area (Å²) in [6, 6.07) is 11.5. The van der Waals surface area contributed by atoms with Gasteiger partial charge in [0.25, 0.3) is 0 Å². The fourth-order valence-electron chi connectivity index (χ4n) is 4.48. The standard InChI is InChI=1S/C23H24N4O2/c1-15-20(22(28)29-17-9-3-2-4-10-17)21(16-8-7-13-24-14-16)27-19-12-6-5-11-18(19)26-23(27)25-15/h5-8,11-14,17,21H,2-4,9-10H2,1H3,(H,25,26). The number of benzene rings is 1. The van der Waals surface area contributed by atoms with E-state index in [4.69, 9.17) is 9.72 Å². The predicted molar refractivity (Wildman–Crippen MR) is 111 cm³/mol. The van der Waals surface area contributed by atoms with Crippen molar-refractivity contribution in [3.63, 3.8) is 0 Å². The monoisotopic (exact) mass is 388 g/mol. The number of nitrogens with zero attached hydrogens (tertiary/aromatic N) is 3. The van der Waals surface area contributed by atoms with E-state index in [9.17, 15) is 4.79 Å². The Morgan fingerprint density at radius 2 is 1.97 bits per heavy atom. The summed E-state index contributed by atoms with van der Waals surface area (Å²) in [6.07, 6.45) is 8.92. The molecule has 1 saturated carbocycles. The van der Waals surface area contributed by atoms with Crippen LogP contribution in [0.4, 0.5) is 5.95 Å². The first kappa shape index (κ1) is 17.9. The molecule has 0 saturated heterocycles. The van der Waals surface area contributed by atoms with Gasteiger partial charge in [0.2, 0.25) is 5.95 Å². The minimum atomic E-state index is -0.330. The molecule has 0 radical (unpaired) electrons. The summed E-state index contributed by atoms with van der Waals surface area (Å²) in [6.45, 7) is 1.92. The molecule has 0 bridgehead atoms. The molecule has 1 atom stereocenters. The minimum Gasteiger partial charge on any atom is -0.459 e. The van der Waals surface area contributed by atoms with Crippen LogP contribution in [0.5, 0.6) is 0 Å². The lowest BCUT2D eigenvalue weighted by atomic mass is 9.95. The summed E-state index contributed by atoms with van der Waals surface area (Å²) in [7, 11) is 0.